The Kier molecular flexibility index (Phi) is 4.78. The van der Waals surface area contributed by atoms with Gasteiger partial charge in [-0.1, -0.05) is 42.7 Å². The second kappa shape index (κ2) is 7.40. The summed E-state index contributed by atoms with van der Waals surface area (Å²) >= 11 is 1.73. The second-order valence-electron chi connectivity index (χ2n) is 8.22. The lowest BCUT2D eigenvalue weighted by atomic mass is 9.93. The summed E-state index contributed by atoms with van der Waals surface area (Å²) in [6, 6.07) is 9.03. The molecule has 1 amide bonds. The number of benzene rings is 1. The number of para-hydroxylation sites is 1. The minimum absolute atomic E-state index is 0.151. The molecule has 5 rings (SSSR count). The van der Waals surface area contributed by atoms with Gasteiger partial charge in [-0.05, 0) is 25.0 Å². The van der Waals surface area contributed by atoms with Gasteiger partial charge in [-0.3, -0.25) is 9.69 Å². The van der Waals surface area contributed by atoms with E-state index in [4.69, 9.17) is 4.98 Å². The number of aromatic nitrogens is 1. The van der Waals surface area contributed by atoms with Gasteiger partial charge in [-0.15, -0.1) is 0 Å². The molecule has 0 radical (unpaired) electrons. The first-order valence-electron chi connectivity index (χ1n) is 10.4. The fourth-order valence-corrected chi connectivity index (χ4v) is 5.78. The number of piperazine rings is 1. The van der Waals surface area contributed by atoms with E-state index in [2.05, 4.69) is 32.9 Å². The van der Waals surface area contributed by atoms with Gasteiger partial charge in [0.05, 0.1) is 16.1 Å². The van der Waals surface area contributed by atoms with E-state index in [1.165, 1.54) is 36.8 Å². The zero-order valence-electron chi connectivity index (χ0n) is 15.8. The van der Waals surface area contributed by atoms with Crippen molar-refractivity contribution in [2.45, 2.75) is 38.1 Å². The molecule has 1 aliphatic carbocycles. The van der Waals surface area contributed by atoms with Crippen LogP contribution < -0.4 is 4.90 Å². The van der Waals surface area contributed by atoms with Crippen molar-refractivity contribution in [1.82, 2.24) is 14.8 Å². The van der Waals surface area contributed by atoms with Crippen LogP contribution in [0.25, 0.3) is 10.2 Å². The lowest BCUT2D eigenvalue weighted by Gasteiger charge is -2.44. The second-order valence-corrected chi connectivity index (χ2v) is 9.23. The lowest BCUT2D eigenvalue weighted by Crippen LogP contribution is -2.59. The van der Waals surface area contributed by atoms with Crippen molar-refractivity contribution >= 4 is 32.6 Å². The van der Waals surface area contributed by atoms with Gasteiger partial charge in [0.2, 0.25) is 5.91 Å². The molecule has 2 aromatic rings. The Morgan fingerprint density at radius 1 is 1.00 bits per heavy atom. The quantitative estimate of drug-likeness (QED) is 0.815. The van der Waals surface area contributed by atoms with Crippen LogP contribution in [-0.2, 0) is 4.79 Å². The third-order valence-electron chi connectivity index (χ3n) is 6.50. The number of carbonyl (C=O) groups excluding carboxylic acids is 1. The lowest BCUT2D eigenvalue weighted by molar-refractivity contribution is -0.138. The molecule has 6 heteroatoms. The Balaban J connectivity index is 1.13. The summed E-state index contributed by atoms with van der Waals surface area (Å²) in [4.78, 5) is 24.6. The number of hydrogen-bond acceptors (Lipinski definition) is 5. The van der Waals surface area contributed by atoms with Crippen molar-refractivity contribution in [3.8, 4) is 0 Å². The molecule has 5 nitrogen and oxygen atoms in total. The average Bonchev–Trinajstić information content (AvgIpc) is 3.11. The van der Waals surface area contributed by atoms with E-state index in [1.807, 2.05) is 6.07 Å². The Hall–Kier alpha value is -1.66. The summed E-state index contributed by atoms with van der Waals surface area (Å²) in [6.45, 7) is 5.58. The molecule has 0 unspecified atom stereocenters. The van der Waals surface area contributed by atoms with Gasteiger partial charge in [0, 0.05) is 45.3 Å². The highest BCUT2D eigenvalue weighted by Crippen LogP contribution is 2.33. The smallest absolute Gasteiger partial charge is 0.229 e. The molecule has 3 fully saturated rings. The SMILES string of the molecule is O=C(C1CN(c2nc3ccccc3s2)C1)N1CCN(C2CCCCC2)CC1. The highest BCUT2D eigenvalue weighted by Gasteiger charge is 2.38. The summed E-state index contributed by atoms with van der Waals surface area (Å²) in [5, 5.41) is 1.06. The summed E-state index contributed by atoms with van der Waals surface area (Å²) in [7, 11) is 0. The average molecular weight is 385 g/mol. The topological polar surface area (TPSA) is 39.7 Å². The minimum Gasteiger partial charge on any atom is -0.346 e. The molecular weight excluding hydrogens is 356 g/mol. The molecule has 3 heterocycles. The third kappa shape index (κ3) is 3.45. The predicted octanol–water partition coefficient (Wildman–Crippen LogP) is 3.21. The van der Waals surface area contributed by atoms with Crippen molar-refractivity contribution in [3.05, 3.63) is 24.3 Å². The van der Waals surface area contributed by atoms with E-state index in [-0.39, 0.29) is 5.92 Å². The zero-order chi connectivity index (χ0) is 18.2. The highest BCUT2D eigenvalue weighted by atomic mass is 32.1. The van der Waals surface area contributed by atoms with Crippen molar-refractivity contribution in [1.29, 1.82) is 0 Å². The summed E-state index contributed by atoms with van der Waals surface area (Å²) in [5.41, 5.74) is 1.06. The first-order valence-corrected chi connectivity index (χ1v) is 11.2. The number of rotatable bonds is 3. The van der Waals surface area contributed by atoms with Crippen LogP contribution in [0.2, 0.25) is 0 Å². The zero-order valence-corrected chi connectivity index (χ0v) is 16.7. The van der Waals surface area contributed by atoms with Gasteiger partial charge < -0.3 is 9.80 Å². The number of nitrogens with zero attached hydrogens (tertiary/aromatic N) is 4. The maximum absolute atomic E-state index is 12.9. The van der Waals surface area contributed by atoms with Gasteiger partial charge in [-0.2, -0.15) is 0 Å². The molecule has 1 aromatic carbocycles. The summed E-state index contributed by atoms with van der Waals surface area (Å²) < 4.78 is 1.22. The predicted molar refractivity (Wildman–Crippen MR) is 110 cm³/mol. The van der Waals surface area contributed by atoms with Gasteiger partial charge in [0.1, 0.15) is 0 Å². The molecule has 0 bridgehead atoms. The van der Waals surface area contributed by atoms with Gasteiger partial charge in [0.15, 0.2) is 5.13 Å². The molecule has 2 saturated heterocycles. The fraction of sp³-hybridized carbons (Fsp3) is 0.619. The molecule has 3 aliphatic rings. The molecular formula is C21H28N4OS. The maximum atomic E-state index is 12.9. The Labute approximate surface area is 165 Å². The van der Waals surface area contributed by atoms with Crippen LogP contribution in [0.5, 0.6) is 0 Å². The Bertz CT molecular complexity index is 768. The van der Waals surface area contributed by atoms with Crippen LogP contribution in [0.15, 0.2) is 24.3 Å². The standard InChI is InChI=1S/C21H28N4OS/c26-20(24-12-10-23(11-13-24)17-6-2-1-3-7-17)16-14-25(15-16)21-22-18-8-4-5-9-19(18)27-21/h4-5,8-9,16-17H,1-3,6-7,10-15H2. The van der Waals surface area contributed by atoms with Gasteiger partial charge in [-0.25, -0.2) is 4.98 Å². The van der Waals surface area contributed by atoms with Crippen LogP contribution in [0.4, 0.5) is 5.13 Å². The highest BCUT2D eigenvalue weighted by molar-refractivity contribution is 7.22. The molecule has 0 atom stereocenters. The van der Waals surface area contributed by atoms with Crippen molar-refractivity contribution in [3.63, 3.8) is 0 Å². The van der Waals surface area contributed by atoms with Gasteiger partial charge in [0.25, 0.3) is 0 Å². The number of fused-ring (bicyclic) bond motifs is 1. The van der Waals surface area contributed by atoms with Crippen LogP contribution in [0, 0.1) is 5.92 Å². The number of anilines is 1. The molecule has 144 valence electrons. The maximum Gasteiger partial charge on any atom is 0.229 e. The van der Waals surface area contributed by atoms with Crippen LogP contribution >= 0.6 is 11.3 Å². The number of thiazole rings is 1. The number of carbonyl (C=O) groups is 1. The van der Waals surface area contributed by atoms with Gasteiger partial charge >= 0.3 is 0 Å². The molecule has 27 heavy (non-hydrogen) atoms. The monoisotopic (exact) mass is 384 g/mol. The fourth-order valence-electron chi connectivity index (χ4n) is 4.80. The van der Waals surface area contributed by atoms with Crippen LogP contribution in [0.1, 0.15) is 32.1 Å². The van der Waals surface area contributed by atoms with E-state index in [9.17, 15) is 4.79 Å². The van der Waals surface area contributed by atoms with Crippen molar-refractivity contribution < 1.29 is 4.79 Å². The first kappa shape index (κ1) is 17.4. The molecule has 0 N–H and O–H groups in total. The van der Waals surface area contributed by atoms with Crippen LogP contribution in [-0.4, -0.2) is 66.0 Å². The summed E-state index contributed by atoms with van der Waals surface area (Å²) in [6.07, 6.45) is 6.88. The van der Waals surface area contributed by atoms with E-state index in [0.29, 0.717) is 5.91 Å². The van der Waals surface area contributed by atoms with E-state index in [1.54, 1.807) is 11.3 Å². The third-order valence-corrected chi connectivity index (χ3v) is 7.60. The van der Waals surface area contributed by atoms with E-state index < -0.39 is 0 Å². The molecule has 1 aromatic heterocycles. The number of amides is 1. The molecule has 1 saturated carbocycles. The van der Waals surface area contributed by atoms with Crippen molar-refractivity contribution in [2.75, 3.05) is 44.2 Å². The Morgan fingerprint density at radius 3 is 2.48 bits per heavy atom. The molecule has 0 spiro atoms. The number of hydrogen-bond donors (Lipinski definition) is 0. The van der Waals surface area contributed by atoms with Crippen molar-refractivity contribution in [2.24, 2.45) is 5.92 Å². The van der Waals surface area contributed by atoms with E-state index in [0.717, 1.165) is 56.0 Å². The minimum atomic E-state index is 0.151. The normalized spacial score (nSPS) is 23.0. The first-order chi connectivity index (χ1) is 13.3. The largest absolute Gasteiger partial charge is 0.346 e. The molecule has 2 aliphatic heterocycles. The van der Waals surface area contributed by atoms with E-state index >= 15 is 0 Å². The van der Waals surface area contributed by atoms with Crippen LogP contribution in [0.3, 0.4) is 0 Å². The summed E-state index contributed by atoms with van der Waals surface area (Å²) in [5.74, 6) is 0.508. The Morgan fingerprint density at radius 2 is 1.74 bits per heavy atom.